The third-order valence-electron chi connectivity index (χ3n) is 6.68. The molecule has 11 nitrogen and oxygen atoms in total. The quantitative estimate of drug-likeness (QED) is 0.328. The molecule has 4 unspecified atom stereocenters. The number of ether oxygens (including phenoxy) is 1. The first-order chi connectivity index (χ1) is 17.5. The highest BCUT2D eigenvalue weighted by Gasteiger charge is 2.64. The highest BCUT2D eigenvalue weighted by atomic mass is 16.6. The predicted octanol–water partition coefficient (Wildman–Crippen LogP) is 1.56. The average Bonchev–Trinajstić information content (AvgIpc) is 2.86. The second-order valence-corrected chi connectivity index (χ2v) is 8.43. The van der Waals surface area contributed by atoms with Crippen molar-refractivity contribution in [3.63, 3.8) is 0 Å². The van der Waals surface area contributed by atoms with Crippen molar-refractivity contribution in [3.05, 3.63) is 82.9 Å². The van der Waals surface area contributed by atoms with Gasteiger partial charge in [-0.05, 0) is 22.3 Å². The molecule has 0 heterocycles. The van der Waals surface area contributed by atoms with Crippen LogP contribution in [-0.4, -0.2) is 56.2 Å². The normalized spacial score (nSPS) is 25.3. The summed E-state index contributed by atoms with van der Waals surface area (Å²) in [5, 5.41) is 39.9. The molecule has 4 rings (SSSR count). The Kier molecular flexibility index (Phi) is 6.00. The average molecular weight is 506 g/mol. The number of carbonyl (C=O) groups is 6. The highest BCUT2D eigenvalue weighted by molar-refractivity contribution is 6.18. The summed E-state index contributed by atoms with van der Waals surface area (Å²) in [5.41, 5.74) is -6.22. The van der Waals surface area contributed by atoms with Gasteiger partial charge in [-0.3, -0.25) is 19.2 Å². The Hall–Kier alpha value is -5.06. The lowest BCUT2D eigenvalue weighted by atomic mass is 9.64. The summed E-state index contributed by atoms with van der Waals surface area (Å²) in [6, 6.07) is 10.9. The van der Waals surface area contributed by atoms with Gasteiger partial charge < -0.3 is 25.2 Å². The molecule has 2 aromatic rings. The van der Waals surface area contributed by atoms with Crippen LogP contribution in [0, 0.1) is 11.8 Å². The number of hydrogen-bond acceptors (Lipinski definition) is 7. The van der Waals surface area contributed by atoms with E-state index in [0.29, 0.717) is 0 Å². The lowest BCUT2D eigenvalue weighted by molar-refractivity contribution is -0.181. The zero-order chi connectivity index (χ0) is 27.1. The minimum absolute atomic E-state index is 0.161. The number of fused-ring (bicyclic) bond motifs is 2. The topological polar surface area (TPSA) is 193 Å². The van der Waals surface area contributed by atoms with Gasteiger partial charge >= 0.3 is 35.8 Å². The number of esters is 2. The molecule has 0 aliphatic heterocycles. The standard InChI is InChI=1S/C26H18O11/c27-19(28)17-11-9-13-5-1-3-7-15(13)25(17,21(31)32)23(35)37-24(36)26(22(33)34)16-8-4-2-6-14(16)10-12-18(26)20(29)30/h1-12,17-18H,(H,27,28)(H,29,30)(H,31,32)(H,33,34). The van der Waals surface area contributed by atoms with Gasteiger partial charge in [-0.25, -0.2) is 9.59 Å². The molecule has 0 radical (unpaired) electrons. The molecule has 2 aliphatic carbocycles. The van der Waals surface area contributed by atoms with Gasteiger partial charge in [0.05, 0.1) is 0 Å². The Morgan fingerprint density at radius 3 is 1.27 bits per heavy atom. The molecule has 0 spiro atoms. The summed E-state index contributed by atoms with van der Waals surface area (Å²) in [5.74, 6) is -15.2. The number of carboxylic acid groups (broad SMARTS) is 4. The molecule has 0 saturated carbocycles. The van der Waals surface area contributed by atoms with Gasteiger partial charge in [0.1, 0.15) is 11.8 Å². The molecular weight excluding hydrogens is 488 g/mol. The fraction of sp³-hybridized carbons (Fsp3) is 0.154. The van der Waals surface area contributed by atoms with Crippen LogP contribution in [0.3, 0.4) is 0 Å². The van der Waals surface area contributed by atoms with Crippen LogP contribution in [0.4, 0.5) is 0 Å². The van der Waals surface area contributed by atoms with E-state index in [-0.39, 0.29) is 22.3 Å². The van der Waals surface area contributed by atoms with E-state index in [1.54, 1.807) is 0 Å². The monoisotopic (exact) mass is 506 g/mol. The van der Waals surface area contributed by atoms with E-state index in [1.165, 1.54) is 60.7 Å². The maximum atomic E-state index is 13.6. The second kappa shape index (κ2) is 8.86. The van der Waals surface area contributed by atoms with Gasteiger partial charge in [-0.15, -0.1) is 0 Å². The highest BCUT2D eigenvalue weighted by Crippen LogP contribution is 2.45. The van der Waals surface area contributed by atoms with Gasteiger partial charge in [-0.2, -0.15) is 0 Å². The van der Waals surface area contributed by atoms with Gasteiger partial charge in [0.25, 0.3) is 0 Å². The van der Waals surface area contributed by atoms with Crippen LogP contribution >= 0.6 is 0 Å². The number of benzene rings is 2. The van der Waals surface area contributed by atoms with E-state index < -0.39 is 58.5 Å². The van der Waals surface area contributed by atoms with Crippen LogP contribution in [0.25, 0.3) is 12.2 Å². The van der Waals surface area contributed by atoms with E-state index >= 15 is 0 Å². The molecule has 4 N–H and O–H groups in total. The Balaban J connectivity index is 1.91. The molecule has 0 saturated heterocycles. The van der Waals surface area contributed by atoms with E-state index in [4.69, 9.17) is 4.74 Å². The second-order valence-electron chi connectivity index (χ2n) is 8.43. The van der Waals surface area contributed by atoms with Crippen molar-refractivity contribution >= 4 is 48.0 Å². The fourth-order valence-corrected chi connectivity index (χ4v) is 4.95. The zero-order valence-electron chi connectivity index (χ0n) is 18.7. The third-order valence-corrected chi connectivity index (χ3v) is 6.68. The van der Waals surface area contributed by atoms with Gasteiger partial charge in [0.15, 0.2) is 0 Å². The van der Waals surface area contributed by atoms with Crippen molar-refractivity contribution in [2.24, 2.45) is 11.8 Å². The molecule has 37 heavy (non-hydrogen) atoms. The Morgan fingerprint density at radius 2 is 0.946 bits per heavy atom. The SMILES string of the molecule is O=C(O)C1C=Cc2ccccc2C1(C(=O)O)C(=O)OC(=O)C1(C(=O)O)c2ccccc2C=CC1C(=O)O. The molecule has 0 fully saturated rings. The molecule has 0 aromatic heterocycles. The van der Waals surface area contributed by atoms with Crippen molar-refractivity contribution in [2.45, 2.75) is 10.8 Å². The molecule has 2 aliphatic rings. The molecule has 0 bridgehead atoms. The number of aliphatic carboxylic acids is 4. The molecule has 4 atom stereocenters. The summed E-state index contributed by atoms with van der Waals surface area (Å²) in [4.78, 5) is 76.5. The van der Waals surface area contributed by atoms with E-state index in [9.17, 15) is 49.2 Å². The molecule has 188 valence electrons. The van der Waals surface area contributed by atoms with E-state index in [1.807, 2.05) is 0 Å². The van der Waals surface area contributed by atoms with Crippen molar-refractivity contribution in [2.75, 3.05) is 0 Å². The summed E-state index contributed by atoms with van der Waals surface area (Å²) < 4.78 is 4.90. The lowest BCUT2D eigenvalue weighted by Crippen LogP contribution is -2.58. The first kappa shape index (κ1) is 25.0. The summed E-state index contributed by atoms with van der Waals surface area (Å²) in [6.07, 6.45) is 4.50. The zero-order valence-corrected chi connectivity index (χ0v) is 18.7. The predicted molar refractivity (Wildman–Crippen MR) is 123 cm³/mol. The molecular formula is C26H18O11. The van der Waals surface area contributed by atoms with Crippen LogP contribution in [0.2, 0.25) is 0 Å². The number of carbonyl (C=O) groups excluding carboxylic acids is 2. The molecule has 2 aromatic carbocycles. The van der Waals surface area contributed by atoms with Crippen LogP contribution < -0.4 is 0 Å². The Bertz CT molecular complexity index is 1330. The summed E-state index contributed by atoms with van der Waals surface area (Å²) in [7, 11) is 0. The van der Waals surface area contributed by atoms with Gasteiger partial charge in [-0.1, -0.05) is 72.8 Å². The summed E-state index contributed by atoms with van der Waals surface area (Å²) in [6.45, 7) is 0. The minimum Gasteiger partial charge on any atom is -0.481 e. The number of rotatable bonds is 6. The van der Waals surface area contributed by atoms with E-state index in [2.05, 4.69) is 0 Å². The van der Waals surface area contributed by atoms with Crippen LogP contribution in [-0.2, 0) is 44.3 Å². The van der Waals surface area contributed by atoms with Crippen molar-refractivity contribution in [1.29, 1.82) is 0 Å². The van der Waals surface area contributed by atoms with Crippen LogP contribution in [0.1, 0.15) is 22.3 Å². The van der Waals surface area contributed by atoms with Crippen LogP contribution in [0.5, 0.6) is 0 Å². The van der Waals surface area contributed by atoms with Crippen LogP contribution in [0.15, 0.2) is 60.7 Å². The number of hydrogen-bond donors (Lipinski definition) is 4. The van der Waals surface area contributed by atoms with Crippen molar-refractivity contribution < 1.29 is 53.9 Å². The fourth-order valence-electron chi connectivity index (χ4n) is 4.95. The summed E-state index contributed by atoms with van der Waals surface area (Å²) >= 11 is 0. The lowest BCUT2D eigenvalue weighted by Gasteiger charge is -2.37. The Labute approximate surface area is 207 Å². The molecule has 0 amide bonds. The number of carboxylic acids is 4. The Morgan fingerprint density at radius 1 is 0.595 bits per heavy atom. The minimum atomic E-state index is -2.98. The maximum Gasteiger partial charge on any atom is 0.337 e. The third kappa shape index (κ3) is 3.43. The maximum absolute atomic E-state index is 13.6. The smallest absolute Gasteiger partial charge is 0.337 e. The van der Waals surface area contributed by atoms with Gasteiger partial charge in [0.2, 0.25) is 10.8 Å². The van der Waals surface area contributed by atoms with Gasteiger partial charge in [0, 0.05) is 0 Å². The first-order valence-electron chi connectivity index (χ1n) is 10.7. The van der Waals surface area contributed by atoms with Crippen molar-refractivity contribution in [3.8, 4) is 0 Å². The van der Waals surface area contributed by atoms with E-state index in [0.717, 1.165) is 12.2 Å². The largest absolute Gasteiger partial charge is 0.481 e. The van der Waals surface area contributed by atoms with Crippen molar-refractivity contribution in [1.82, 2.24) is 0 Å². The molecule has 11 heteroatoms. The first-order valence-corrected chi connectivity index (χ1v) is 10.7.